The largest absolute Gasteiger partial charge is 0.352 e. The van der Waals surface area contributed by atoms with E-state index >= 15 is 0 Å². The molecule has 2 aliphatic rings. The molecule has 3 nitrogen and oxygen atoms in total. The normalized spacial score (nSPS) is 27.6. The van der Waals surface area contributed by atoms with E-state index in [0.717, 1.165) is 36.1 Å². The number of aryl methyl sites for hydroxylation is 1. The van der Waals surface area contributed by atoms with Gasteiger partial charge in [-0.15, -0.1) is 0 Å². The second-order valence-electron chi connectivity index (χ2n) is 6.37. The van der Waals surface area contributed by atoms with Crippen LogP contribution in [0, 0.1) is 11.8 Å². The first-order chi connectivity index (χ1) is 9.66. The second kappa shape index (κ2) is 5.57. The van der Waals surface area contributed by atoms with Crippen LogP contribution in [0.5, 0.6) is 0 Å². The Kier molecular flexibility index (Phi) is 3.79. The van der Waals surface area contributed by atoms with E-state index in [1.54, 1.807) is 0 Å². The Hall–Kier alpha value is -1.35. The van der Waals surface area contributed by atoms with E-state index in [2.05, 4.69) is 24.4 Å². The summed E-state index contributed by atoms with van der Waals surface area (Å²) >= 11 is 0. The van der Waals surface area contributed by atoms with E-state index in [-0.39, 0.29) is 11.9 Å². The molecule has 20 heavy (non-hydrogen) atoms. The van der Waals surface area contributed by atoms with Crippen LogP contribution in [0.1, 0.15) is 60.1 Å². The Morgan fingerprint density at radius 1 is 1.30 bits per heavy atom. The SMILES string of the molecule is CC1CCCC1C(N)c1ccc2c(c1)C(=O)NCCC2. The molecule has 3 rings (SSSR count). The highest BCUT2D eigenvalue weighted by Crippen LogP contribution is 2.39. The quantitative estimate of drug-likeness (QED) is 0.870. The Balaban J connectivity index is 1.89. The van der Waals surface area contributed by atoms with E-state index in [1.165, 1.54) is 19.3 Å². The van der Waals surface area contributed by atoms with Crippen molar-refractivity contribution < 1.29 is 4.79 Å². The lowest BCUT2D eigenvalue weighted by atomic mass is 9.85. The van der Waals surface area contributed by atoms with Crippen molar-refractivity contribution in [3.05, 3.63) is 34.9 Å². The zero-order chi connectivity index (χ0) is 14.1. The Morgan fingerprint density at radius 3 is 2.90 bits per heavy atom. The van der Waals surface area contributed by atoms with Crippen LogP contribution in [0.3, 0.4) is 0 Å². The van der Waals surface area contributed by atoms with Crippen LogP contribution >= 0.6 is 0 Å². The average Bonchev–Trinajstić information content (AvgIpc) is 2.79. The third-order valence-corrected chi connectivity index (χ3v) is 5.06. The van der Waals surface area contributed by atoms with Gasteiger partial charge in [-0.05, 0) is 48.3 Å². The van der Waals surface area contributed by atoms with Gasteiger partial charge in [0.25, 0.3) is 5.91 Å². The van der Waals surface area contributed by atoms with Crippen LogP contribution in [0.2, 0.25) is 0 Å². The molecule has 1 aromatic rings. The van der Waals surface area contributed by atoms with Crippen LogP contribution in [0.25, 0.3) is 0 Å². The maximum absolute atomic E-state index is 12.1. The number of fused-ring (bicyclic) bond motifs is 1. The van der Waals surface area contributed by atoms with Crippen LogP contribution in [0.15, 0.2) is 18.2 Å². The van der Waals surface area contributed by atoms with Gasteiger partial charge in [-0.3, -0.25) is 4.79 Å². The number of amides is 1. The number of benzene rings is 1. The molecular formula is C17H24N2O. The Morgan fingerprint density at radius 2 is 2.15 bits per heavy atom. The monoisotopic (exact) mass is 272 g/mol. The number of carbonyl (C=O) groups is 1. The van der Waals surface area contributed by atoms with Crippen molar-refractivity contribution in [2.45, 2.75) is 45.1 Å². The fraction of sp³-hybridized carbons (Fsp3) is 0.588. The Bertz CT molecular complexity index is 512. The molecule has 1 amide bonds. The molecule has 1 heterocycles. The minimum Gasteiger partial charge on any atom is -0.352 e. The number of carbonyl (C=O) groups excluding carboxylic acids is 1. The molecule has 0 spiro atoms. The van der Waals surface area contributed by atoms with Crippen molar-refractivity contribution >= 4 is 5.91 Å². The topological polar surface area (TPSA) is 55.1 Å². The lowest BCUT2D eigenvalue weighted by Gasteiger charge is -2.24. The maximum atomic E-state index is 12.1. The molecule has 1 fully saturated rings. The van der Waals surface area contributed by atoms with Gasteiger partial charge in [-0.2, -0.15) is 0 Å². The molecule has 0 radical (unpaired) electrons. The molecule has 1 aliphatic carbocycles. The number of hydrogen-bond acceptors (Lipinski definition) is 2. The predicted octanol–water partition coefficient (Wildman–Crippen LogP) is 2.80. The standard InChI is InChI=1S/C17H24N2O/c1-11-4-2-6-14(11)16(18)13-8-7-12-5-3-9-19-17(20)15(12)10-13/h7-8,10-11,14,16H,2-6,9,18H2,1H3,(H,19,20). The van der Waals surface area contributed by atoms with E-state index in [1.807, 2.05) is 6.07 Å². The highest BCUT2D eigenvalue weighted by molar-refractivity contribution is 5.96. The van der Waals surface area contributed by atoms with Crippen molar-refractivity contribution in [2.24, 2.45) is 17.6 Å². The highest BCUT2D eigenvalue weighted by Gasteiger charge is 2.30. The van der Waals surface area contributed by atoms with E-state index < -0.39 is 0 Å². The first-order valence-electron chi connectivity index (χ1n) is 7.83. The molecule has 3 heteroatoms. The van der Waals surface area contributed by atoms with Crippen molar-refractivity contribution in [2.75, 3.05) is 6.54 Å². The summed E-state index contributed by atoms with van der Waals surface area (Å²) in [5, 5.41) is 2.97. The first kappa shape index (κ1) is 13.6. The van der Waals surface area contributed by atoms with Gasteiger partial charge in [0.1, 0.15) is 0 Å². The molecule has 0 aromatic heterocycles. The van der Waals surface area contributed by atoms with E-state index in [9.17, 15) is 4.79 Å². The van der Waals surface area contributed by atoms with Crippen molar-refractivity contribution in [3.63, 3.8) is 0 Å². The summed E-state index contributed by atoms with van der Waals surface area (Å²) in [7, 11) is 0. The third-order valence-electron chi connectivity index (χ3n) is 5.06. The van der Waals surface area contributed by atoms with Gasteiger partial charge in [0.2, 0.25) is 0 Å². The summed E-state index contributed by atoms with van der Waals surface area (Å²) in [6, 6.07) is 6.34. The lowest BCUT2D eigenvalue weighted by Crippen LogP contribution is -2.25. The van der Waals surface area contributed by atoms with Gasteiger partial charge in [-0.1, -0.05) is 31.9 Å². The molecule has 1 saturated carbocycles. The summed E-state index contributed by atoms with van der Waals surface area (Å²) in [4.78, 5) is 12.1. The van der Waals surface area contributed by atoms with Crippen LogP contribution < -0.4 is 11.1 Å². The van der Waals surface area contributed by atoms with Crippen molar-refractivity contribution in [1.82, 2.24) is 5.32 Å². The second-order valence-corrected chi connectivity index (χ2v) is 6.37. The summed E-state index contributed by atoms with van der Waals surface area (Å²) in [6.07, 6.45) is 5.77. The summed E-state index contributed by atoms with van der Waals surface area (Å²) < 4.78 is 0. The summed E-state index contributed by atoms with van der Waals surface area (Å²) in [5.74, 6) is 1.31. The van der Waals surface area contributed by atoms with Gasteiger partial charge < -0.3 is 11.1 Å². The van der Waals surface area contributed by atoms with Crippen LogP contribution in [-0.4, -0.2) is 12.5 Å². The number of rotatable bonds is 2. The summed E-state index contributed by atoms with van der Waals surface area (Å²) in [5.41, 5.74) is 9.60. The zero-order valence-corrected chi connectivity index (χ0v) is 12.2. The van der Waals surface area contributed by atoms with Gasteiger partial charge in [0.15, 0.2) is 0 Å². The molecule has 1 aliphatic heterocycles. The highest BCUT2D eigenvalue weighted by atomic mass is 16.1. The minimum absolute atomic E-state index is 0.0611. The molecule has 3 N–H and O–H groups in total. The van der Waals surface area contributed by atoms with E-state index in [4.69, 9.17) is 5.73 Å². The maximum Gasteiger partial charge on any atom is 0.251 e. The van der Waals surface area contributed by atoms with Crippen molar-refractivity contribution in [3.8, 4) is 0 Å². The average molecular weight is 272 g/mol. The smallest absolute Gasteiger partial charge is 0.251 e. The van der Waals surface area contributed by atoms with Gasteiger partial charge >= 0.3 is 0 Å². The molecule has 3 atom stereocenters. The summed E-state index contributed by atoms with van der Waals surface area (Å²) in [6.45, 7) is 3.07. The first-order valence-corrected chi connectivity index (χ1v) is 7.83. The fourth-order valence-corrected chi connectivity index (χ4v) is 3.76. The number of hydrogen-bond donors (Lipinski definition) is 2. The van der Waals surface area contributed by atoms with Gasteiger partial charge in [0, 0.05) is 18.2 Å². The van der Waals surface area contributed by atoms with Gasteiger partial charge in [-0.25, -0.2) is 0 Å². The molecule has 3 unspecified atom stereocenters. The molecule has 108 valence electrons. The minimum atomic E-state index is 0.0611. The molecule has 1 aromatic carbocycles. The number of nitrogens with two attached hydrogens (primary N) is 1. The number of nitrogens with one attached hydrogen (secondary N) is 1. The fourth-order valence-electron chi connectivity index (χ4n) is 3.76. The molecular weight excluding hydrogens is 248 g/mol. The molecule has 0 saturated heterocycles. The lowest BCUT2D eigenvalue weighted by molar-refractivity contribution is 0.0956. The third kappa shape index (κ3) is 2.47. The zero-order valence-electron chi connectivity index (χ0n) is 12.2. The van der Waals surface area contributed by atoms with Gasteiger partial charge in [0.05, 0.1) is 0 Å². The van der Waals surface area contributed by atoms with E-state index in [0.29, 0.717) is 11.8 Å². The van der Waals surface area contributed by atoms with Crippen molar-refractivity contribution in [1.29, 1.82) is 0 Å². The predicted molar refractivity (Wildman–Crippen MR) is 80.5 cm³/mol. The Labute approximate surface area is 120 Å². The molecule has 0 bridgehead atoms. The van der Waals surface area contributed by atoms with Crippen LogP contribution in [0.4, 0.5) is 0 Å². The van der Waals surface area contributed by atoms with Crippen LogP contribution in [-0.2, 0) is 6.42 Å².